The molecule has 0 bridgehead atoms. The summed E-state index contributed by atoms with van der Waals surface area (Å²) in [4.78, 5) is 0. The highest BCUT2D eigenvalue weighted by atomic mass is 16.3. The number of phenolic OH excluding ortho intramolecular Hbond substituents is 1. The van der Waals surface area contributed by atoms with Gasteiger partial charge in [0.2, 0.25) is 0 Å². The lowest BCUT2D eigenvalue weighted by Gasteiger charge is -2.17. The molecule has 0 radical (unpaired) electrons. The fraction of sp³-hybridized carbons (Fsp3) is 0.231. The van der Waals surface area contributed by atoms with Crippen LogP contribution in [0.3, 0.4) is 0 Å². The summed E-state index contributed by atoms with van der Waals surface area (Å²) in [6.07, 6.45) is -0.618. The van der Waals surface area contributed by atoms with Crippen LogP contribution in [0.25, 0.3) is 10.8 Å². The molecule has 2 atom stereocenters. The summed E-state index contributed by atoms with van der Waals surface area (Å²) in [7, 11) is 0. The van der Waals surface area contributed by atoms with Crippen LogP contribution >= 0.6 is 0 Å². The normalized spacial score (nSPS) is 14.9. The second-order valence-corrected chi connectivity index (χ2v) is 3.99. The molecule has 0 saturated heterocycles. The van der Waals surface area contributed by atoms with Crippen LogP contribution in [0.2, 0.25) is 0 Å². The van der Waals surface area contributed by atoms with E-state index in [-0.39, 0.29) is 5.75 Å². The maximum absolute atomic E-state index is 9.71. The first-order chi connectivity index (χ1) is 7.61. The van der Waals surface area contributed by atoms with Gasteiger partial charge in [0.05, 0.1) is 12.1 Å². The number of nitrogens with two attached hydrogens (primary N) is 1. The number of hydrogen-bond donors (Lipinski definition) is 3. The summed E-state index contributed by atoms with van der Waals surface area (Å²) < 4.78 is 0. The van der Waals surface area contributed by atoms with E-state index < -0.39 is 12.1 Å². The molecular weight excluding hydrogens is 202 g/mol. The van der Waals surface area contributed by atoms with Crippen molar-refractivity contribution in [3.63, 3.8) is 0 Å². The number of phenols is 1. The van der Waals surface area contributed by atoms with E-state index in [1.54, 1.807) is 19.1 Å². The third kappa shape index (κ3) is 1.75. The standard InChI is InChI=1S/C13H15NO2/c1-8(15)13(14)11-6-7-12(16)10-5-3-2-4-9(10)11/h2-8,13,15-16H,14H2,1H3/t8-,13-/m1/s1. The van der Waals surface area contributed by atoms with Gasteiger partial charge in [0.1, 0.15) is 5.75 Å². The summed E-state index contributed by atoms with van der Waals surface area (Å²) >= 11 is 0. The van der Waals surface area contributed by atoms with Gasteiger partial charge in [-0.1, -0.05) is 30.3 Å². The molecule has 0 aliphatic heterocycles. The Morgan fingerprint density at radius 3 is 2.31 bits per heavy atom. The minimum atomic E-state index is -0.618. The first kappa shape index (κ1) is 10.9. The molecule has 0 aromatic heterocycles. The molecule has 3 nitrogen and oxygen atoms in total. The highest BCUT2D eigenvalue weighted by Gasteiger charge is 2.15. The van der Waals surface area contributed by atoms with Gasteiger partial charge in [0.25, 0.3) is 0 Å². The molecule has 3 heteroatoms. The van der Waals surface area contributed by atoms with Crippen molar-refractivity contribution in [1.82, 2.24) is 0 Å². The van der Waals surface area contributed by atoms with Gasteiger partial charge in [-0.2, -0.15) is 0 Å². The van der Waals surface area contributed by atoms with Crippen molar-refractivity contribution in [2.24, 2.45) is 5.73 Å². The summed E-state index contributed by atoms with van der Waals surface area (Å²) in [6.45, 7) is 1.66. The van der Waals surface area contributed by atoms with Crippen molar-refractivity contribution in [1.29, 1.82) is 0 Å². The van der Waals surface area contributed by atoms with Gasteiger partial charge in [-0.3, -0.25) is 0 Å². The van der Waals surface area contributed by atoms with Crippen LogP contribution < -0.4 is 5.73 Å². The summed E-state index contributed by atoms with van der Waals surface area (Å²) in [5.74, 6) is 0.233. The number of aromatic hydroxyl groups is 1. The smallest absolute Gasteiger partial charge is 0.123 e. The number of benzene rings is 2. The van der Waals surface area contributed by atoms with E-state index in [9.17, 15) is 10.2 Å². The van der Waals surface area contributed by atoms with Crippen molar-refractivity contribution in [3.05, 3.63) is 42.0 Å². The zero-order valence-corrected chi connectivity index (χ0v) is 9.09. The van der Waals surface area contributed by atoms with Gasteiger partial charge < -0.3 is 15.9 Å². The summed E-state index contributed by atoms with van der Waals surface area (Å²) in [5, 5.41) is 20.9. The van der Waals surface area contributed by atoms with Crippen LogP contribution in [0.5, 0.6) is 5.75 Å². The Kier molecular flexibility index (Phi) is 2.81. The zero-order valence-electron chi connectivity index (χ0n) is 9.09. The molecule has 0 unspecified atom stereocenters. The fourth-order valence-corrected chi connectivity index (χ4v) is 1.86. The predicted octanol–water partition coefficient (Wildman–Crippen LogP) is 1.93. The molecular formula is C13H15NO2. The highest BCUT2D eigenvalue weighted by Crippen LogP contribution is 2.30. The van der Waals surface area contributed by atoms with Gasteiger partial charge in [0.15, 0.2) is 0 Å². The van der Waals surface area contributed by atoms with E-state index in [0.717, 1.165) is 16.3 Å². The summed E-state index contributed by atoms with van der Waals surface area (Å²) in [5.41, 5.74) is 6.77. The van der Waals surface area contributed by atoms with E-state index in [1.165, 1.54) is 0 Å². The van der Waals surface area contributed by atoms with Crippen molar-refractivity contribution < 1.29 is 10.2 Å². The van der Waals surface area contributed by atoms with Crippen LogP contribution in [0.15, 0.2) is 36.4 Å². The molecule has 0 saturated carbocycles. The molecule has 2 rings (SSSR count). The van der Waals surface area contributed by atoms with E-state index in [0.29, 0.717) is 0 Å². The largest absolute Gasteiger partial charge is 0.507 e. The predicted molar refractivity (Wildman–Crippen MR) is 64.2 cm³/mol. The van der Waals surface area contributed by atoms with Gasteiger partial charge in [-0.05, 0) is 23.9 Å². The molecule has 84 valence electrons. The van der Waals surface area contributed by atoms with Crippen LogP contribution in [-0.4, -0.2) is 16.3 Å². The van der Waals surface area contributed by atoms with Gasteiger partial charge in [0, 0.05) is 5.39 Å². The Hall–Kier alpha value is -1.58. The van der Waals surface area contributed by atoms with Crippen molar-refractivity contribution >= 4 is 10.8 Å². The zero-order chi connectivity index (χ0) is 11.7. The Morgan fingerprint density at radius 1 is 1.06 bits per heavy atom. The van der Waals surface area contributed by atoms with Gasteiger partial charge in [-0.15, -0.1) is 0 Å². The topological polar surface area (TPSA) is 66.5 Å². The molecule has 0 heterocycles. The third-order valence-electron chi connectivity index (χ3n) is 2.81. The second-order valence-electron chi connectivity index (χ2n) is 3.99. The van der Waals surface area contributed by atoms with E-state index in [2.05, 4.69) is 0 Å². The molecule has 0 fully saturated rings. The number of fused-ring (bicyclic) bond motifs is 1. The van der Waals surface area contributed by atoms with Crippen LogP contribution in [0, 0.1) is 0 Å². The first-order valence-corrected chi connectivity index (χ1v) is 5.25. The van der Waals surface area contributed by atoms with E-state index in [1.807, 2.05) is 24.3 Å². The van der Waals surface area contributed by atoms with Crippen LogP contribution in [-0.2, 0) is 0 Å². The van der Waals surface area contributed by atoms with Gasteiger partial charge >= 0.3 is 0 Å². The SMILES string of the molecule is C[C@@H](O)[C@@H](N)c1ccc(O)c2ccccc12. The molecule has 0 spiro atoms. The van der Waals surface area contributed by atoms with Crippen molar-refractivity contribution in [2.45, 2.75) is 19.1 Å². The highest BCUT2D eigenvalue weighted by molar-refractivity contribution is 5.91. The average Bonchev–Trinajstić information content (AvgIpc) is 2.29. The minimum absolute atomic E-state index is 0.233. The molecule has 0 amide bonds. The number of aliphatic hydroxyl groups excluding tert-OH is 1. The lowest BCUT2D eigenvalue weighted by molar-refractivity contribution is 0.165. The number of rotatable bonds is 2. The second kappa shape index (κ2) is 4.12. The van der Waals surface area contributed by atoms with Crippen LogP contribution in [0.1, 0.15) is 18.5 Å². The molecule has 0 aliphatic carbocycles. The molecule has 4 N–H and O–H groups in total. The molecule has 16 heavy (non-hydrogen) atoms. The quantitative estimate of drug-likeness (QED) is 0.720. The van der Waals surface area contributed by atoms with Crippen molar-refractivity contribution in [3.8, 4) is 5.75 Å². The fourth-order valence-electron chi connectivity index (χ4n) is 1.86. The third-order valence-corrected chi connectivity index (χ3v) is 2.81. The Labute approximate surface area is 94.1 Å². The van der Waals surface area contributed by atoms with Crippen LogP contribution in [0.4, 0.5) is 0 Å². The Balaban J connectivity index is 2.67. The van der Waals surface area contributed by atoms with E-state index in [4.69, 9.17) is 5.73 Å². The van der Waals surface area contributed by atoms with E-state index >= 15 is 0 Å². The minimum Gasteiger partial charge on any atom is -0.507 e. The maximum atomic E-state index is 9.71. The Morgan fingerprint density at radius 2 is 1.69 bits per heavy atom. The summed E-state index contributed by atoms with van der Waals surface area (Å²) in [6, 6.07) is 10.4. The number of aliphatic hydroxyl groups is 1. The molecule has 0 aliphatic rings. The molecule has 2 aromatic carbocycles. The van der Waals surface area contributed by atoms with Gasteiger partial charge in [-0.25, -0.2) is 0 Å². The lowest BCUT2D eigenvalue weighted by Crippen LogP contribution is -2.23. The monoisotopic (exact) mass is 217 g/mol. The van der Waals surface area contributed by atoms with Crippen molar-refractivity contribution in [2.75, 3.05) is 0 Å². The number of hydrogen-bond acceptors (Lipinski definition) is 3. The first-order valence-electron chi connectivity index (χ1n) is 5.25. The maximum Gasteiger partial charge on any atom is 0.123 e. The molecule has 2 aromatic rings. The Bertz CT molecular complexity index is 508. The lowest BCUT2D eigenvalue weighted by atomic mass is 9.96. The average molecular weight is 217 g/mol.